The van der Waals surface area contributed by atoms with Gasteiger partial charge in [0.05, 0.1) is 5.56 Å². The first-order valence-corrected chi connectivity index (χ1v) is 7.89. The molecule has 0 fully saturated rings. The Morgan fingerprint density at radius 3 is 2.65 bits per heavy atom. The van der Waals surface area contributed by atoms with Crippen molar-refractivity contribution in [3.63, 3.8) is 0 Å². The minimum absolute atomic E-state index is 0.0665. The Labute approximate surface area is 147 Å². The Bertz CT molecular complexity index is 757. The van der Waals surface area contributed by atoms with Crippen LogP contribution in [0.5, 0.6) is 0 Å². The molecule has 0 aliphatic carbocycles. The molecule has 1 aromatic carbocycles. The van der Waals surface area contributed by atoms with Crippen LogP contribution in [0, 0.1) is 12.7 Å². The Morgan fingerprint density at radius 1 is 1.27 bits per heavy atom. The van der Waals surface area contributed by atoms with Crippen molar-refractivity contribution in [1.82, 2.24) is 20.8 Å². The second kappa shape index (κ2) is 8.63. The number of nitrogens with zero attached hydrogens (tertiary/aromatic N) is 3. The van der Waals surface area contributed by atoms with Gasteiger partial charge in [0.2, 0.25) is 5.89 Å². The molecular formula is C16H19F4N5O. The predicted octanol–water partition coefficient (Wildman–Crippen LogP) is 2.83. The summed E-state index contributed by atoms with van der Waals surface area (Å²) in [5, 5.41) is 9.45. The van der Waals surface area contributed by atoms with Gasteiger partial charge in [-0.05, 0) is 31.0 Å². The average Bonchev–Trinajstić information content (AvgIpc) is 2.99. The number of benzene rings is 1. The SMILES string of the molecule is CN=C(NCCCc1nc(C)no1)NCc1ccc(F)cc1C(F)(F)F. The van der Waals surface area contributed by atoms with Gasteiger partial charge in [-0.2, -0.15) is 18.2 Å². The van der Waals surface area contributed by atoms with Crippen molar-refractivity contribution >= 4 is 5.96 Å². The van der Waals surface area contributed by atoms with E-state index in [4.69, 9.17) is 4.52 Å². The first-order valence-electron chi connectivity index (χ1n) is 7.89. The van der Waals surface area contributed by atoms with Gasteiger partial charge in [0.15, 0.2) is 11.8 Å². The van der Waals surface area contributed by atoms with Gasteiger partial charge in [-0.3, -0.25) is 4.99 Å². The number of hydrogen-bond acceptors (Lipinski definition) is 4. The maximum atomic E-state index is 13.1. The molecule has 0 atom stereocenters. The molecule has 1 aromatic heterocycles. The van der Waals surface area contributed by atoms with Crippen LogP contribution in [0.1, 0.15) is 29.3 Å². The number of halogens is 4. The molecule has 142 valence electrons. The number of nitrogens with one attached hydrogen (secondary N) is 2. The molecule has 26 heavy (non-hydrogen) atoms. The van der Waals surface area contributed by atoms with E-state index < -0.39 is 17.6 Å². The van der Waals surface area contributed by atoms with Crippen molar-refractivity contribution in [3.05, 3.63) is 46.9 Å². The Balaban J connectivity index is 1.85. The molecule has 0 amide bonds. The summed E-state index contributed by atoms with van der Waals surface area (Å²) in [6.45, 7) is 2.09. The zero-order valence-electron chi connectivity index (χ0n) is 14.3. The summed E-state index contributed by atoms with van der Waals surface area (Å²) in [5.74, 6) is 0.489. The Kier molecular flexibility index (Phi) is 6.53. The fourth-order valence-electron chi connectivity index (χ4n) is 2.25. The minimum atomic E-state index is -4.63. The van der Waals surface area contributed by atoms with Crippen LogP contribution in [0.15, 0.2) is 27.7 Å². The molecular weight excluding hydrogens is 354 g/mol. The molecule has 6 nitrogen and oxygen atoms in total. The van der Waals surface area contributed by atoms with Gasteiger partial charge in [0.25, 0.3) is 0 Å². The van der Waals surface area contributed by atoms with Crippen LogP contribution in [0.4, 0.5) is 17.6 Å². The maximum Gasteiger partial charge on any atom is 0.416 e. The monoisotopic (exact) mass is 373 g/mol. The van der Waals surface area contributed by atoms with E-state index in [1.54, 1.807) is 6.92 Å². The predicted molar refractivity (Wildman–Crippen MR) is 87.0 cm³/mol. The van der Waals surface area contributed by atoms with Gasteiger partial charge in [-0.25, -0.2) is 4.39 Å². The standard InChI is InChI=1S/C16H19F4N5O/c1-10-24-14(26-25-10)4-3-7-22-15(21-2)23-9-11-5-6-12(17)8-13(11)16(18,19)20/h5-6,8H,3-4,7,9H2,1-2H3,(H2,21,22,23). The molecule has 0 unspecified atom stereocenters. The zero-order valence-corrected chi connectivity index (χ0v) is 14.3. The van der Waals surface area contributed by atoms with Gasteiger partial charge in [-0.15, -0.1) is 0 Å². The lowest BCUT2D eigenvalue weighted by Crippen LogP contribution is -2.37. The number of alkyl halides is 3. The van der Waals surface area contributed by atoms with Crippen LogP contribution in [0.25, 0.3) is 0 Å². The third-order valence-electron chi connectivity index (χ3n) is 3.48. The highest BCUT2D eigenvalue weighted by Crippen LogP contribution is 2.32. The fourth-order valence-corrected chi connectivity index (χ4v) is 2.25. The number of aromatic nitrogens is 2. The van der Waals surface area contributed by atoms with Crippen molar-refractivity contribution in [2.45, 2.75) is 32.5 Å². The molecule has 0 aliphatic rings. The largest absolute Gasteiger partial charge is 0.416 e. The van der Waals surface area contributed by atoms with E-state index in [0.717, 1.165) is 12.1 Å². The minimum Gasteiger partial charge on any atom is -0.356 e. The van der Waals surface area contributed by atoms with E-state index in [2.05, 4.69) is 25.8 Å². The zero-order chi connectivity index (χ0) is 19.2. The van der Waals surface area contributed by atoms with Crippen molar-refractivity contribution in [1.29, 1.82) is 0 Å². The highest BCUT2D eigenvalue weighted by atomic mass is 19.4. The van der Waals surface area contributed by atoms with Crippen molar-refractivity contribution in [2.24, 2.45) is 4.99 Å². The van der Waals surface area contributed by atoms with Gasteiger partial charge in [-0.1, -0.05) is 11.2 Å². The number of guanidine groups is 1. The van der Waals surface area contributed by atoms with Gasteiger partial charge >= 0.3 is 6.18 Å². The third kappa shape index (κ3) is 5.71. The summed E-state index contributed by atoms with van der Waals surface area (Å²) in [4.78, 5) is 8.02. The summed E-state index contributed by atoms with van der Waals surface area (Å²) in [5.41, 5.74) is -1.07. The molecule has 0 spiro atoms. The van der Waals surface area contributed by atoms with E-state index in [1.165, 1.54) is 7.05 Å². The first-order chi connectivity index (χ1) is 12.3. The van der Waals surface area contributed by atoms with Crippen molar-refractivity contribution in [2.75, 3.05) is 13.6 Å². The number of aryl methyl sites for hydroxylation is 2. The Hall–Kier alpha value is -2.65. The molecule has 2 N–H and O–H groups in total. The number of rotatable bonds is 6. The summed E-state index contributed by atoms with van der Waals surface area (Å²) in [6.07, 6.45) is -3.38. The summed E-state index contributed by atoms with van der Waals surface area (Å²) in [7, 11) is 1.51. The maximum absolute atomic E-state index is 13.1. The summed E-state index contributed by atoms with van der Waals surface area (Å²) < 4.78 is 57.1. The second-order valence-corrected chi connectivity index (χ2v) is 5.49. The van der Waals surface area contributed by atoms with E-state index in [0.29, 0.717) is 43.1 Å². The van der Waals surface area contributed by atoms with E-state index in [1.807, 2.05) is 0 Å². The Morgan fingerprint density at radius 2 is 2.04 bits per heavy atom. The molecule has 1 heterocycles. The summed E-state index contributed by atoms with van der Waals surface area (Å²) >= 11 is 0. The van der Waals surface area contributed by atoms with Crippen LogP contribution < -0.4 is 10.6 Å². The molecule has 2 aromatic rings. The third-order valence-corrected chi connectivity index (χ3v) is 3.48. The highest BCUT2D eigenvalue weighted by Gasteiger charge is 2.33. The van der Waals surface area contributed by atoms with Crippen LogP contribution >= 0.6 is 0 Å². The molecule has 0 saturated carbocycles. The summed E-state index contributed by atoms with van der Waals surface area (Å²) in [6, 6.07) is 2.59. The lowest BCUT2D eigenvalue weighted by molar-refractivity contribution is -0.138. The normalized spacial score (nSPS) is 12.3. The van der Waals surface area contributed by atoms with Crippen LogP contribution in [-0.4, -0.2) is 29.7 Å². The molecule has 0 radical (unpaired) electrons. The van der Waals surface area contributed by atoms with Crippen LogP contribution in [0.3, 0.4) is 0 Å². The molecule has 0 bridgehead atoms. The van der Waals surface area contributed by atoms with Crippen LogP contribution in [0.2, 0.25) is 0 Å². The number of aliphatic imine (C=N–C) groups is 1. The van der Waals surface area contributed by atoms with Gasteiger partial charge in [0.1, 0.15) is 5.82 Å². The highest BCUT2D eigenvalue weighted by molar-refractivity contribution is 5.79. The smallest absolute Gasteiger partial charge is 0.356 e. The molecule has 2 rings (SSSR count). The molecule has 0 aliphatic heterocycles. The topological polar surface area (TPSA) is 75.3 Å². The van der Waals surface area contributed by atoms with Gasteiger partial charge in [0, 0.05) is 26.6 Å². The van der Waals surface area contributed by atoms with E-state index in [9.17, 15) is 17.6 Å². The van der Waals surface area contributed by atoms with Crippen LogP contribution in [-0.2, 0) is 19.1 Å². The second-order valence-electron chi connectivity index (χ2n) is 5.49. The quantitative estimate of drug-likeness (QED) is 0.353. The average molecular weight is 373 g/mol. The molecule has 10 heteroatoms. The fraction of sp³-hybridized carbons (Fsp3) is 0.438. The van der Waals surface area contributed by atoms with Gasteiger partial charge < -0.3 is 15.2 Å². The van der Waals surface area contributed by atoms with E-state index >= 15 is 0 Å². The van der Waals surface area contributed by atoms with Crippen molar-refractivity contribution in [3.8, 4) is 0 Å². The van der Waals surface area contributed by atoms with E-state index in [-0.39, 0.29) is 12.1 Å². The molecule has 0 saturated heterocycles. The first kappa shape index (κ1) is 19.7. The lowest BCUT2D eigenvalue weighted by atomic mass is 10.1. The van der Waals surface area contributed by atoms with Crippen molar-refractivity contribution < 1.29 is 22.1 Å². The lowest BCUT2D eigenvalue weighted by Gasteiger charge is -2.15. The number of hydrogen-bond donors (Lipinski definition) is 2.